The van der Waals surface area contributed by atoms with Crippen LogP contribution < -0.4 is 14.8 Å². The minimum atomic E-state index is -1.16. The molecule has 2 N–H and O–H groups in total. The summed E-state index contributed by atoms with van der Waals surface area (Å²) in [6.45, 7) is 0.269. The van der Waals surface area contributed by atoms with Crippen LogP contribution in [-0.2, 0) is 26.4 Å². The molecule has 8 rings (SSSR count). The number of aliphatic hydroxyl groups excluding tert-OH is 1. The van der Waals surface area contributed by atoms with Gasteiger partial charge in [0.25, 0.3) is 5.91 Å². The summed E-state index contributed by atoms with van der Waals surface area (Å²) in [7, 11) is 3.26. The SMILES string of the molecule is COc1ccc(C(OC[C@H]2O[C@@H](n3cnc4c(NC(=O)c5ccccc5)ncnc43)[C@H](O)[C@@H]2OCc2cccs2)(c2ccccc2)c2ccc(OC)cc2)cc1. The Morgan fingerprint density at radius 1 is 0.821 bits per heavy atom. The van der Waals surface area contributed by atoms with E-state index in [1.54, 1.807) is 54.4 Å². The molecule has 0 spiro atoms. The number of aliphatic hydroxyl groups is 1. The van der Waals surface area contributed by atoms with Crippen molar-refractivity contribution in [2.75, 3.05) is 26.1 Å². The molecule has 4 heterocycles. The summed E-state index contributed by atoms with van der Waals surface area (Å²) in [5.41, 5.74) is 2.62. The van der Waals surface area contributed by atoms with E-state index >= 15 is 0 Å². The number of rotatable bonds is 14. The Hall–Kier alpha value is -5.96. The van der Waals surface area contributed by atoms with Crippen LogP contribution >= 0.6 is 11.3 Å². The van der Waals surface area contributed by atoms with Crippen LogP contribution in [0.25, 0.3) is 11.2 Å². The minimum Gasteiger partial charge on any atom is -0.497 e. The molecule has 0 aliphatic carbocycles. The number of carbonyl (C=O) groups excluding carboxylic acids is 1. The van der Waals surface area contributed by atoms with E-state index in [-0.39, 0.29) is 24.9 Å². The van der Waals surface area contributed by atoms with Gasteiger partial charge in [-0.2, -0.15) is 0 Å². The summed E-state index contributed by atoms with van der Waals surface area (Å²) in [4.78, 5) is 27.4. The standard InChI is InChI=1S/C43H39N5O7S/c1-51-32-19-15-30(16-20-32)43(29-12-7-4-8-13-29,31-17-21-33(52-2)22-18-31)54-25-35-38(53-24-34-14-9-23-56-34)37(49)42(55-35)48-27-46-36-39(44-26-45-40(36)48)47-41(50)28-10-5-3-6-11-28/h3-23,26-27,35,37-38,42,49H,24-25H2,1-2H3,(H,44,45,47,50)/t35-,37-,38-,42-/m1/s1. The highest BCUT2D eigenvalue weighted by Crippen LogP contribution is 2.43. The van der Waals surface area contributed by atoms with Crippen molar-refractivity contribution in [1.29, 1.82) is 0 Å². The Labute approximate surface area is 327 Å². The van der Waals surface area contributed by atoms with E-state index in [0.717, 1.165) is 21.6 Å². The van der Waals surface area contributed by atoms with Crippen LogP contribution in [0.3, 0.4) is 0 Å². The first-order valence-corrected chi connectivity index (χ1v) is 18.9. The fourth-order valence-electron chi connectivity index (χ4n) is 7.04. The first-order valence-electron chi connectivity index (χ1n) is 18.0. The quantitative estimate of drug-likeness (QED) is 0.111. The zero-order valence-electron chi connectivity index (χ0n) is 30.6. The molecule has 284 valence electrons. The smallest absolute Gasteiger partial charge is 0.256 e. The van der Waals surface area contributed by atoms with Gasteiger partial charge in [0.1, 0.15) is 41.7 Å². The van der Waals surface area contributed by atoms with E-state index in [9.17, 15) is 9.90 Å². The number of carbonyl (C=O) groups is 1. The van der Waals surface area contributed by atoms with Gasteiger partial charge < -0.3 is 34.1 Å². The molecular weight excluding hydrogens is 731 g/mol. The molecule has 0 unspecified atom stereocenters. The third kappa shape index (κ3) is 7.26. The summed E-state index contributed by atoms with van der Waals surface area (Å²) >= 11 is 1.56. The van der Waals surface area contributed by atoms with Gasteiger partial charge >= 0.3 is 0 Å². The maximum atomic E-state index is 13.0. The largest absolute Gasteiger partial charge is 0.497 e. The molecule has 4 aromatic carbocycles. The highest BCUT2D eigenvalue weighted by atomic mass is 32.1. The topological polar surface area (TPSA) is 139 Å². The number of methoxy groups -OCH3 is 2. The minimum absolute atomic E-state index is 0.00954. The molecule has 12 nitrogen and oxygen atoms in total. The molecule has 1 fully saturated rings. The van der Waals surface area contributed by atoms with Gasteiger partial charge in [0.15, 0.2) is 23.2 Å². The number of imidazole rings is 1. The van der Waals surface area contributed by atoms with Gasteiger partial charge in [-0.1, -0.05) is 78.9 Å². The van der Waals surface area contributed by atoms with Crippen molar-refractivity contribution in [3.63, 3.8) is 0 Å². The van der Waals surface area contributed by atoms with Crippen LogP contribution in [0, 0.1) is 0 Å². The second kappa shape index (κ2) is 16.4. The number of aromatic nitrogens is 4. The second-order valence-corrected chi connectivity index (χ2v) is 14.1. The molecule has 1 saturated heterocycles. The summed E-state index contributed by atoms with van der Waals surface area (Å²) in [6.07, 6.45) is -0.849. The van der Waals surface area contributed by atoms with Gasteiger partial charge in [0, 0.05) is 10.4 Å². The molecule has 0 saturated carbocycles. The third-order valence-electron chi connectivity index (χ3n) is 9.85. The summed E-state index contributed by atoms with van der Waals surface area (Å²) < 4.78 is 33.1. The third-order valence-corrected chi connectivity index (χ3v) is 10.7. The fraction of sp³-hybridized carbons (Fsp3) is 0.209. The van der Waals surface area contributed by atoms with Gasteiger partial charge in [-0.25, -0.2) is 15.0 Å². The maximum Gasteiger partial charge on any atom is 0.256 e. The number of fused-ring (bicyclic) bond motifs is 1. The van der Waals surface area contributed by atoms with Gasteiger partial charge in [0.2, 0.25) is 0 Å². The highest BCUT2D eigenvalue weighted by Gasteiger charge is 2.48. The molecule has 0 bridgehead atoms. The highest BCUT2D eigenvalue weighted by molar-refractivity contribution is 7.09. The average molecular weight is 770 g/mol. The molecule has 3 aromatic heterocycles. The Kier molecular flexibility index (Phi) is 10.8. The maximum absolute atomic E-state index is 13.0. The number of amides is 1. The molecule has 7 aromatic rings. The number of nitrogens with zero attached hydrogens (tertiary/aromatic N) is 4. The van der Waals surface area contributed by atoms with Crippen LogP contribution in [-0.4, -0.2) is 69.7 Å². The predicted octanol–water partition coefficient (Wildman–Crippen LogP) is 7.01. The van der Waals surface area contributed by atoms with Crippen LogP contribution in [0.4, 0.5) is 5.82 Å². The van der Waals surface area contributed by atoms with Gasteiger partial charge in [-0.3, -0.25) is 9.36 Å². The zero-order valence-corrected chi connectivity index (χ0v) is 31.4. The van der Waals surface area contributed by atoms with Crippen molar-refractivity contribution >= 4 is 34.2 Å². The lowest BCUT2D eigenvalue weighted by Crippen LogP contribution is -2.40. The zero-order chi connectivity index (χ0) is 38.5. The Bertz CT molecular complexity index is 2310. The fourth-order valence-corrected chi connectivity index (χ4v) is 7.67. The number of benzene rings is 4. The van der Waals surface area contributed by atoms with Crippen molar-refractivity contribution in [2.24, 2.45) is 0 Å². The first kappa shape index (κ1) is 37.0. The Morgan fingerprint density at radius 2 is 1.46 bits per heavy atom. The van der Waals surface area contributed by atoms with Crippen LogP contribution in [0.15, 0.2) is 139 Å². The monoisotopic (exact) mass is 769 g/mol. The number of hydrogen-bond acceptors (Lipinski definition) is 11. The van der Waals surface area contributed by atoms with Crippen molar-refractivity contribution in [1.82, 2.24) is 19.5 Å². The summed E-state index contributed by atoms with van der Waals surface area (Å²) in [5.74, 6) is 1.30. The lowest BCUT2D eigenvalue weighted by atomic mass is 9.80. The number of anilines is 1. The lowest BCUT2D eigenvalue weighted by Gasteiger charge is -2.37. The predicted molar refractivity (Wildman–Crippen MR) is 211 cm³/mol. The van der Waals surface area contributed by atoms with Crippen LogP contribution in [0.1, 0.15) is 38.2 Å². The molecule has 13 heteroatoms. The number of hydrogen-bond donors (Lipinski definition) is 2. The van der Waals surface area contributed by atoms with E-state index < -0.39 is 30.1 Å². The van der Waals surface area contributed by atoms with E-state index in [1.807, 2.05) is 102 Å². The Morgan fingerprint density at radius 3 is 2.09 bits per heavy atom. The van der Waals surface area contributed by atoms with Crippen molar-refractivity contribution in [3.8, 4) is 11.5 Å². The van der Waals surface area contributed by atoms with Crippen molar-refractivity contribution in [3.05, 3.63) is 166 Å². The average Bonchev–Trinajstić information content (AvgIpc) is 4.01. The van der Waals surface area contributed by atoms with E-state index in [1.165, 1.54) is 12.7 Å². The van der Waals surface area contributed by atoms with Gasteiger partial charge in [0.05, 0.1) is 33.8 Å². The number of ether oxygens (including phenoxy) is 5. The van der Waals surface area contributed by atoms with Crippen LogP contribution in [0.2, 0.25) is 0 Å². The molecular formula is C43H39N5O7S. The molecule has 1 aliphatic rings. The molecule has 56 heavy (non-hydrogen) atoms. The summed E-state index contributed by atoms with van der Waals surface area (Å²) in [5, 5.41) is 16.9. The first-order chi connectivity index (χ1) is 27.5. The second-order valence-electron chi connectivity index (χ2n) is 13.1. The van der Waals surface area contributed by atoms with E-state index in [2.05, 4.69) is 20.3 Å². The lowest BCUT2D eigenvalue weighted by molar-refractivity contribution is -0.105. The van der Waals surface area contributed by atoms with E-state index in [4.69, 9.17) is 23.7 Å². The molecule has 1 amide bonds. The van der Waals surface area contributed by atoms with Crippen molar-refractivity contribution < 1.29 is 33.6 Å². The van der Waals surface area contributed by atoms with Gasteiger partial charge in [-0.15, -0.1) is 11.3 Å². The Balaban J connectivity index is 1.15. The van der Waals surface area contributed by atoms with Gasteiger partial charge in [-0.05, 0) is 64.5 Å². The normalized spacial score (nSPS) is 18.2. The number of thiophene rings is 1. The molecule has 0 radical (unpaired) electrons. The summed E-state index contributed by atoms with van der Waals surface area (Å²) in [6, 6.07) is 38.3. The van der Waals surface area contributed by atoms with Crippen molar-refractivity contribution in [2.45, 2.75) is 36.7 Å². The van der Waals surface area contributed by atoms with E-state index in [0.29, 0.717) is 28.2 Å². The number of nitrogens with one attached hydrogen (secondary N) is 1. The molecule has 1 aliphatic heterocycles. The molecule has 4 atom stereocenters. The van der Waals surface area contributed by atoms with Crippen LogP contribution in [0.5, 0.6) is 11.5 Å².